The number of carbonyl (C=O) groups excluding carboxylic acids is 1. The molecule has 2 aromatic carbocycles. The number of anilines is 1. The summed E-state index contributed by atoms with van der Waals surface area (Å²) in [4.78, 5) is 12.5. The van der Waals surface area contributed by atoms with E-state index >= 15 is 0 Å². The summed E-state index contributed by atoms with van der Waals surface area (Å²) in [6.07, 6.45) is 1.52. The van der Waals surface area contributed by atoms with E-state index in [2.05, 4.69) is 5.32 Å². The normalized spacial score (nSPS) is 11.5. The van der Waals surface area contributed by atoms with E-state index in [9.17, 15) is 13.2 Å². The number of hydrogen-bond acceptors (Lipinski definition) is 4. The maximum atomic E-state index is 12.9. The fourth-order valence-electron chi connectivity index (χ4n) is 2.89. The molecule has 0 unspecified atom stereocenters. The first-order chi connectivity index (χ1) is 13.2. The molecule has 1 amide bonds. The minimum atomic E-state index is -3.96. The molecule has 2 aromatic rings. The largest absolute Gasteiger partial charge is 0.495 e. The number of benzene rings is 2. The summed E-state index contributed by atoms with van der Waals surface area (Å²) >= 11 is 5.95. The van der Waals surface area contributed by atoms with Crippen LogP contribution in [0.1, 0.15) is 25.0 Å². The van der Waals surface area contributed by atoms with Gasteiger partial charge >= 0.3 is 0 Å². The van der Waals surface area contributed by atoms with Gasteiger partial charge in [0.2, 0.25) is 15.9 Å². The third kappa shape index (κ3) is 4.84. The van der Waals surface area contributed by atoms with Gasteiger partial charge in [-0.15, -0.1) is 0 Å². The fraction of sp³-hybridized carbons (Fsp3) is 0.350. The lowest BCUT2D eigenvalue weighted by molar-refractivity contribution is -0.116. The third-order valence-electron chi connectivity index (χ3n) is 4.44. The van der Waals surface area contributed by atoms with Crippen molar-refractivity contribution in [3.8, 4) is 5.75 Å². The smallest absolute Gasteiger partial charge is 0.247 e. The Labute approximate surface area is 171 Å². The van der Waals surface area contributed by atoms with Gasteiger partial charge in [-0.05, 0) is 42.2 Å². The highest BCUT2D eigenvalue weighted by molar-refractivity contribution is 7.89. The number of aryl methyl sites for hydroxylation is 2. The number of likely N-dealkylation sites (N-methyl/N-ethyl adjacent to an activating group) is 1. The number of nitrogens with zero attached hydrogens (tertiary/aromatic N) is 1. The van der Waals surface area contributed by atoms with Gasteiger partial charge < -0.3 is 10.1 Å². The number of hydrogen-bond donors (Lipinski definition) is 1. The quantitative estimate of drug-likeness (QED) is 0.700. The molecule has 2 rings (SSSR count). The Balaban J connectivity index is 2.25. The number of sulfonamides is 1. The molecule has 0 aliphatic carbocycles. The molecular weight excluding hydrogens is 400 g/mol. The lowest BCUT2D eigenvalue weighted by atomic mass is 10.0. The van der Waals surface area contributed by atoms with Crippen LogP contribution in [-0.2, 0) is 27.7 Å². The van der Waals surface area contributed by atoms with Gasteiger partial charge in [0.1, 0.15) is 10.6 Å². The maximum absolute atomic E-state index is 12.9. The van der Waals surface area contributed by atoms with Crippen LogP contribution >= 0.6 is 11.6 Å². The number of amides is 1. The van der Waals surface area contributed by atoms with Crippen LogP contribution in [0.5, 0.6) is 5.75 Å². The highest BCUT2D eigenvalue weighted by atomic mass is 35.5. The van der Waals surface area contributed by atoms with E-state index in [1.807, 2.05) is 32.0 Å². The van der Waals surface area contributed by atoms with Crippen molar-refractivity contribution in [2.24, 2.45) is 0 Å². The highest BCUT2D eigenvalue weighted by Gasteiger charge is 2.27. The molecule has 0 heterocycles. The molecule has 0 aromatic heterocycles. The van der Waals surface area contributed by atoms with E-state index in [4.69, 9.17) is 16.3 Å². The van der Waals surface area contributed by atoms with E-state index in [1.54, 1.807) is 6.07 Å². The van der Waals surface area contributed by atoms with Crippen LogP contribution in [0.15, 0.2) is 41.3 Å². The van der Waals surface area contributed by atoms with Crippen molar-refractivity contribution >= 4 is 33.2 Å². The van der Waals surface area contributed by atoms with Crippen molar-refractivity contribution in [2.45, 2.75) is 31.6 Å². The van der Waals surface area contributed by atoms with Gasteiger partial charge in [0.05, 0.1) is 13.7 Å². The predicted molar refractivity (Wildman–Crippen MR) is 112 cm³/mol. The number of nitrogens with one attached hydrogen (secondary N) is 1. The molecule has 1 N–H and O–H groups in total. The second kappa shape index (κ2) is 9.41. The predicted octanol–water partition coefficient (Wildman–Crippen LogP) is 3.73. The molecule has 0 saturated carbocycles. The number of carbonyl (C=O) groups is 1. The van der Waals surface area contributed by atoms with Crippen molar-refractivity contribution in [2.75, 3.05) is 26.0 Å². The second-order valence-electron chi connectivity index (χ2n) is 6.26. The van der Waals surface area contributed by atoms with Crippen LogP contribution in [-0.4, -0.2) is 39.3 Å². The summed E-state index contributed by atoms with van der Waals surface area (Å²) < 4.78 is 31.9. The monoisotopic (exact) mass is 424 g/mol. The first-order valence-electron chi connectivity index (χ1n) is 8.95. The van der Waals surface area contributed by atoms with Crippen LogP contribution in [0.25, 0.3) is 0 Å². The van der Waals surface area contributed by atoms with Crippen LogP contribution < -0.4 is 10.1 Å². The molecule has 0 fully saturated rings. The van der Waals surface area contributed by atoms with Crippen molar-refractivity contribution in [3.05, 3.63) is 52.5 Å². The summed E-state index contributed by atoms with van der Waals surface area (Å²) in [6.45, 7) is 3.68. The minimum Gasteiger partial charge on any atom is -0.495 e. The van der Waals surface area contributed by atoms with Gasteiger partial charge in [0, 0.05) is 17.8 Å². The number of rotatable bonds is 8. The van der Waals surface area contributed by atoms with Gasteiger partial charge in [-0.3, -0.25) is 4.79 Å². The van der Waals surface area contributed by atoms with Crippen molar-refractivity contribution in [1.29, 1.82) is 0 Å². The number of para-hydroxylation sites is 1. The van der Waals surface area contributed by atoms with E-state index in [0.29, 0.717) is 0 Å². The van der Waals surface area contributed by atoms with Crippen molar-refractivity contribution in [1.82, 2.24) is 4.31 Å². The molecule has 152 valence electrons. The first-order valence-corrected chi connectivity index (χ1v) is 10.8. The van der Waals surface area contributed by atoms with E-state index in [-0.39, 0.29) is 22.2 Å². The Morgan fingerprint density at radius 2 is 1.75 bits per heavy atom. The molecule has 0 aliphatic heterocycles. The second-order valence-corrected chi connectivity index (χ2v) is 8.71. The zero-order chi connectivity index (χ0) is 20.9. The summed E-state index contributed by atoms with van der Waals surface area (Å²) in [7, 11) is -1.23. The van der Waals surface area contributed by atoms with Gasteiger partial charge in [0.15, 0.2) is 0 Å². The fourth-order valence-corrected chi connectivity index (χ4v) is 4.43. The topological polar surface area (TPSA) is 75.7 Å². The summed E-state index contributed by atoms with van der Waals surface area (Å²) in [5.41, 5.74) is 2.77. The average molecular weight is 425 g/mol. The van der Waals surface area contributed by atoms with Gasteiger partial charge in [0.25, 0.3) is 0 Å². The zero-order valence-corrected chi connectivity index (χ0v) is 18.0. The van der Waals surface area contributed by atoms with Crippen LogP contribution in [0.4, 0.5) is 5.69 Å². The Kier molecular flexibility index (Phi) is 7.46. The summed E-state index contributed by atoms with van der Waals surface area (Å²) in [6, 6.07) is 10.2. The molecular formula is C20H25ClN2O4S. The van der Waals surface area contributed by atoms with E-state index in [1.165, 1.54) is 26.3 Å². The van der Waals surface area contributed by atoms with Crippen LogP contribution in [0.3, 0.4) is 0 Å². The highest BCUT2D eigenvalue weighted by Crippen LogP contribution is 2.29. The summed E-state index contributed by atoms with van der Waals surface area (Å²) in [5, 5.41) is 3.14. The van der Waals surface area contributed by atoms with Gasteiger partial charge in [-0.25, -0.2) is 8.42 Å². The molecule has 0 atom stereocenters. The molecule has 0 saturated heterocycles. The van der Waals surface area contributed by atoms with Crippen LogP contribution in [0, 0.1) is 0 Å². The Hall–Kier alpha value is -2.09. The maximum Gasteiger partial charge on any atom is 0.247 e. The molecule has 6 nitrogen and oxygen atoms in total. The average Bonchev–Trinajstić information content (AvgIpc) is 2.67. The number of ether oxygens (including phenoxy) is 1. The van der Waals surface area contributed by atoms with E-state index < -0.39 is 15.9 Å². The van der Waals surface area contributed by atoms with Gasteiger partial charge in [-0.2, -0.15) is 4.31 Å². The summed E-state index contributed by atoms with van der Waals surface area (Å²) in [5.74, 6) is -0.246. The Morgan fingerprint density at radius 3 is 2.29 bits per heavy atom. The molecule has 8 heteroatoms. The standard InChI is InChI=1S/C20H25ClN2O4S/c1-5-14-8-7-9-15(6-2)20(14)22-19(24)13-23(3)28(25,26)18-12-16(21)10-11-17(18)27-4/h7-12H,5-6,13H2,1-4H3,(H,22,24). The molecule has 0 aliphatic rings. The third-order valence-corrected chi connectivity index (χ3v) is 6.50. The number of methoxy groups -OCH3 is 1. The van der Waals surface area contributed by atoms with Gasteiger partial charge in [-0.1, -0.05) is 43.6 Å². The molecule has 28 heavy (non-hydrogen) atoms. The lowest BCUT2D eigenvalue weighted by Gasteiger charge is -2.20. The van der Waals surface area contributed by atoms with E-state index in [0.717, 1.165) is 34.0 Å². The first kappa shape index (κ1) is 22.2. The van der Waals surface area contributed by atoms with Crippen molar-refractivity contribution < 1.29 is 17.9 Å². The molecule has 0 spiro atoms. The van der Waals surface area contributed by atoms with Crippen LogP contribution in [0.2, 0.25) is 5.02 Å². The zero-order valence-electron chi connectivity index (χ0n) is 16.5. The SMILES string of the molecule is CCc1cccc(CC)c1NC(=O)CN(C)S(=O)(=O)c1cc(Cl)ccc1OC. The van der Waals surface area contributed by atoms with Crippen molar-refractivity contribution in [3.63, 3.8) is 0 Å². The Bertz CT molecular complexity index is 938. The lowest BCUT2D eigenvalue weighted by Crippen LogP contribution is -2.35. The molecule has 0 radical (unpaired) electrons. The Morgan fingerprint density at radius 1 is 1.14 bits per heavy atom. The molecule has 0 bridgehead atoms. The minimum absolute atomic E-state index is 0.0824. The number of halogens is 1.